The molecule has 0 bridgehead atoms. The van der Waals surface area contributed by atoms with E-state index in [4.69, 9.17) is 0 Å². The molecule has 1 N–H and O–H groups in total. The molecule has 0 aliphatic heterocycles. The van der Waals surface area contributed by atoms with Crippen molar-refractivity contribution in [1.82, 2.24) is 5.32 Å². The third-order valence-electron chi connectivity index (χ3n) is 3.84. The summed E-state index contributed by atoms with van der Waals surface area (Å²) < 4.78 is 13.5. The molecule has 0 spiro atoms. The highest BCUT2D eigenvalue weighted by Crippen LogP contribution is 2.37. The van der Waals surface area contributed by atoms with Crippen molar-refractivity contribution < 1.29 is 4.39 Å². The van der Waals surface area contributed by atoms with Gasteiger partial charge in [-0.15, -0.1) is 0 Å². The first-order valence-electron chi connectivity index (χ1n) is 6.91. The highest BCUT2D eigenvalue weighted by Gasteiger charge is 2.29. The molecule has 1 unspecified atom stereocenters. The molecule has 0 radical (unpaired) electrons. The van der Waals surface area contributed by atoms with Gasteiger partial charge in [-0.05, 0) is 55.0 Å². The van der Waals surface area contributed by atoms with Gasteiger partial charge in [0.1, 0.15) is 5.82 Å². The number of aryl methyl sites for hydroxylation is 1. The van der Waals surface area contributed by atoms with Crippen molar-refractivity contribution in [2.24, 2.45) is 5.41 Å². The van der Waals surface area contributed by atoms with Crippen molar-refractivity contribution in [3.05, 3.63) is 35.1 Å². The SMILES string of the molecule is CCCNC(c1cc(F)ccc1C)C(C)(C)CC. The fraction of sp³-hybridized carbons (Fsp3) is 0.625. The van der Waals surface area contributed by atoms with Gasteiger partial charge in [0.05, 0.1) is 0 Å². The molecule has 102 valence electrons. The van der Waals surface area contributed by atoms with E-state index in [1.165, 1.54) is 6.07 Å². The van der Waals surface area contributed by atoms with E-state index >= 15 is 0 Å². The molecule has 2 heteroatoms. The van der Waals surface area contributed by atoms with E-state index in [1.807, 2.05) is 6.07 Å². The van der Waals surface area contributed by atoms with Gasteiger partial charge in [0, 0.05) is 6.04 Å². The summed E-state index contributed by atoms with van der Waals surface area (Å²) in [6, 6.07) is 5.30. The van der Waals surface area contributed by atoms with Gasteiger partial charge in [0.15, 0.2) is 0 Å². The molecule has 0 saturated heterocycles. The predicted molar refractivity (Wildman–Crippen MR) is 76.2 cm³/mol. The van der Waals surface area contributed by atoms with Crippen molar-refractivity contribution in [1.29, 1.82) is 0 Å². The average Bonchev–Trinajstić information content (AvgIpc) is 2.33. The maximum atomic E-state index is 13.5. The molecule has 1 aromatic carbocycles. The van der Waals surface area contributed by atoms with Crippen LogP contribution in [0.4, 0.5) is 4.39 Å². The predicted octanol–water partition coefficient (Wildman–Crippen LogP) is 4.61. The number of halogens is 1. The van der Waals surface area contributed by atoms with Crippen LogP contribution in [0.2, 0.25) is 0 Å². The molecule has 0 heterocycles. The Morgan fingerprint density at radius 2 is 1.94 bits per heavy atom. The second-order valence-corrected chi connectivity index (χ2v) is 5.73. The van der Waals surface area contributed by atoms with Crippen LogP contribution in [0.25, 0.3) is 0 Å². The third-order valence-corrected chi connectivity index (χ3v) is 3.84. The summed E-state index contributed by atoms with van der Waals surface area (Å²) in [6.45, 7) is 11.8. The fourth-order valence-electron chi connectivity index (χ4n) is 2.22. The van der Waals surface area contributed by atoms with Crippen LogP contribution < -0.4 is 5.32 Å². The molecule has 0 saturated carbocycles. The number of hydrogen-bond donors (Lipinski definition) is 1. The van der Waals surface area contributed by atoms with Gasteiger partial charge in [0.2, 0.25) is 0 Å². The maximum Gasteiger partial charge on any atom is 0.123 e. The summed E-state index contributed by atoms with van der Waals surface area (Å²) in [5, 5.41) is 3.58. The molecule has 1 nitrogen and oxygen atoms in total. The first kappa shape index (κ1) is 15.2. The standard InChI is InChI=1S/C16H26FN/c1-6-10-18-15(16(4,5)7-2)14-11-13(17)9-8-12(14)3/h8-9,11,15,18H,6-7,10H2,1-5H3. The highest BCUT2D eigenvalue weighted by atomic mass is 19.1. The molecule has 1 rings (SSSR count). The molecule has 18 heavy (non-hydrogen) atoms. The lowest BCUT2D eigenvalue weighted by atomic mass is 9.77. The average molecular weight is 251 g/mol. The first-order valence-corrected chi connectivity index (χ1v) is 6.91. The number of rotatable bonds is 6. The van der Waals surface area contributed by atoms with Crippen LogP contribution in [0.1, 0.15) is 57.7 Å². The zero-order chi connectivity index (χ0) is 13.8. The fourth-order valence-corrected chi connectivity index (χ4v) is 2.22. The zero-order valence-electron chi connectivity index (χ0n) is 12.3. The Labute approximate surface area is 111 Å². The van der Waals surface area contributed by atoms with Crippen LogP contribution in [-0.2, 0) is 0 Å². The summed E-state index contributed by atoms with van der Waals surface area (Å²) in [6.07, 6.45) is 2.15. The minimum atomic E-state index is -0.147. The van der Waals surface area contributed by atoms with Crippen molar-refractivity contribution in [3.8, 4) is 0 Å². The number of hydrogen-bond acceptors (Lipinski definition) is 1. The van der Waals surface area contributed by atoms with Gasteiger partial charge in [-0.25, -0.2) is 4.39 Å². The maximum absolute atomic E-state index is 13.5. The number of nitrogens with one attached hydrogen (secondary N) is 1. The van der Waals surface area contributed by atoms with Crippen LogP contribution in [0, 0.1) is 18.2 Å². The molecule has 0 fully saturated rings. The summed E-state index contributed by atoms with van der Waals surface area (Å²) in [5.41, 5.74) is 2.37. The van der Waals surface area contributed by atoms with E-state index in [-0.39, 0.29) is 17.3 Å². The van der Waals surface area contributed by atoms with Crippen LogP contribution in [0.15, 0.2) is 18.2 Å². The molecule has 0 aliphatic rings. The van der Waals surface area contributed by atoms with Gasteiger partial charge < -0.3 is 5.32 Å². The van der Waals surface area contributed by atoms with Gasteiger partial charge in [0.25, 0.3) is 0 Å². The Morgan fingerprint density at radius 1 is 1.28 bits per heavy atom. The van der Waals surface area contributed by atoms with E-state index < -0.39 is 0 Å². The minimum Gasteiger partial charge on any atom is -0.309 e. The molecule has 0 amide bonds. The van der Waals surface area contributed by atoms with E-state index in [0.29, 0.717) is 0 Å². The van der Waals surface area contributed by atoms with E-state index in [1.54, 1.807) is 6.07 Å². The van der Waals surface area contributed by atoms with Gasteiger partial charge in [-0.3, -0.25) is 0 Å². The van der Waals surface area contributed by atoms with Gasteiger partial charge in [-0.1, -0.05) is 33.8 Å². The Bertz CT molecular complexity index is 385. The lowest BCUT2D eigenvalue weighted by Crippen LogP contribution is -2.35. The van der Waals surface area contributed by atoms with Gasteiger partial charge in [-0.2, -0.15) is 0 Å². The van der Waals surface area contributed by atoms with E-state index in [2.05, 4.69) is 39.9 Å². The van der Waals surface area contributed by atoms with Crippen LogP contribution in [-0.4, -0.2) is 6.54 Å². The Morgan fingerprint density at radius 3 is 2.50 bits per heavy atom. The molecule has 0 aromatic heterocycles. The quantitative estimate of drug-likeness (QED) is 0.778. The summed E-state index contributed by atoms with van der Waals surface area (Å²) in [5.74, 6) is -0.147. The minimum absolute atomic E-state index is 0.119. The topological polar surface area (TPSA) is 12.0 Å². The first-order chi connectivity index (χ1) is 8.42. The normalized spacial score (nSPS) is 13.7. The second-order valence-electron chi connectivity index (χ2n) is 5.73. The molecule has 1 atom stereocenters. The molecular weight excluding hydrogens is 225 g/mol. The van der Waals surface area contributed by atoms with Crippen molar-refractivity contribution >= 4 is 0 Å². The van der Waals surface area contributed by atoms with Crippen LogP contribution in [0.5, 0.6) is 0 Å². The lowest BCUT2D eigenvalue weighted by molar-refractivity contribution is 0.233. The van der Waals surface area contributed by atoms with Crippen molar-refractivity contribution in [3.63, 3.8) is 0 Å². The third kappa shape index (κ3) is 3.55. The van der Waals surface area contributed by atoms with Crippen molar-refractivity contribution in [2.75, 3.05) is 6.54 Å². The number of benzene rings is 1. The Hall–Kier alpha value is -0.890. The van der Waals surface area contributed by atoms with E-state index in [0.717, 1.165) is 30.5 Å². The largest absolute Gasteiger partial charge is 0.309 e. The van der Waals surface area contributed by atoms with Crippen LogP contribution in [0.3, 0.4) is 0 Å². The molecular formula is C16H26FN. The zero-order valence-corrected chi connectivity index (χ0v) is 12.3. The summed E-state index contributed by atoms with van der Waals surface area (Å²) >= 11 is 0. The second kappa shape index (κ2) is 6.33. The highest BCUT2D eigenvalue weighted by molar-refractivity contribution is 5.31. The summed E-state index contributed by atoms with van der Waals surface area (Å²) in [4.78, 5) is 0. The van der Waals surface area contributed by atoms with Crippen LogP contribution >= 0.6 is 0 Å². The van der Waals surface area contributed by atoms with Crippen molar-refractivity contribution in [2.45, 2.75) is 53.5 Å². The lowest BCUT2D eigenvalue weighted by Gasteiger charge is -2.35. The Balaban J connectivity index is 3.12. The van der Waals surface area contributed by atoms with Gasteiger partial charge >= 0.3 is 0 Å². The van der Waals surface area contributed by atoms with E-state index in [9.17, 15) is 4.39 Å². The smallest absolute Gasteiger partial charge is 0.123 e. The molecule has 1 aromatic rings. The Kier molecular flexibility index (Phi) is 5.33. The molecule has 0 aliphatic carbocycles. The monoisotopic (exact) mass is 251 g/mol. The summed E-state index contributed by atoms with van der Waals surface area (Å²) in [7, 11) is 0.